The van der Waals surface area contributed by atoms with E-state index in [1.807, 2.05) is 6.92 Å². The fourth-order valence-electron chi connectivity index (χ4n) is 2.19. The number of piperidine rings is 1. The lowest BCUT2D eigenvalue weighted by Gasteiger charge is -2.29. The largest absolute Gasteiger partial charge is 0.493 e. The lowest BCUT2D eigenvalue weighted by molar-refractivity contribution is 0.248. The molecule has 0 amide bonds. The molecular formula is C11H17N3O. The van der Waals surface area contributed by atoms with E-state index in [0.717, 1.165) is 25.2 Å². The van der Waals surface area contributed by atoms with Crippen LogP contribution in [0, 0.1) is 6.92 Å². The molecule has 4 nitrogen and oxygen atoms in total. The van der Waals surface area contributed by atoms with E-state index in [0.29, 0.717) is 11.7 Å². The Morgan fingerprint density at radius 3 is 2.93 bits per heavy atom. The molecule has 0 bridgehead atoms. The van der Waals surface area contributed by atoms with Crippen LogP contribution in [0.15, 0.2) is 6.07 Å². The van der Waals surface area contributed by atoms with Gasteiger partial charge in [0.2, 0.25) is 5.88 Å². The molecule has 1 aromatic rings. The summed E-state index contributed by atoms with van der Waals surface area (Å²) >= 11 is 0. The van der Waals surface area contributed by atoms with Crippen LogP contribution < -0.4 is 0 Å². The fourth-order valence-corrected chi connectivity index (χ4v) is 2.19. The molecule has 1 aromatic heterocycles. The van der Waals surface area contributed by atoms with Crippen LogP contribution in [0.1, 0.15) is 30.3 Å². The van der Waals surface area contributed by atoms with Crippen molar-refractivity contribution in [1.82, 2.24) is 14.9 Å². The molecule has 1 unspecified atom stereocenters. The molecule has 0 spiro atoms. The summed E-state index contributed by atoms with van der Waals surface area (Å²) in [5.74, 6) is 1.18. The van der Waals surface area contributed by atoms with Crippen molar-refractivity contribution in [3.63, 3.8) is 0 Å². The van der Waals surface area contributed by atoms with Crippen LogP contribution in [-0.2, 0) is 0 Å². The maximum atomic E-state index is 9.43. The van der Waals surface area contributed by atoms with Crippen LogP contribution >= 0.6 is 0 Å². The highest BCUT2D eigenvalue weighted by Crippen LogP contribution is 2.26. The van der Waals surface area contributed by atoms with E-state index in [9.17, 15) is 5.11 Å². The second kappa shape index (κ2) is 4.14. The molecule has 2 rings (SSSR count). The second-order valence-corrected chi connectivity index (χ2v) is 4.30. The number of likely N-dealkylation sites (N-methyl/N-ethyl adjacent to an activating group) is 1. The van der Waals surface area contributed by atoms with Gasteiger partial charge in [-0.05, 0) is 33.4 Å². The predicted octanol–water partition coefficient (Wildman–Crippen LogP) is 1.30. The van der Waals surface area contributed by atoms with Gasteiger partial charge in [-0.3, -0.25) is 0 Å². The van der Waals surface area contributed by atoms with Crippen LogP contribution in [-0.4, -0.2) is 40.1 Å². The Labute approximate surface area is 90.0 Å². The van der Waals surface area contributed by atoms with Gasteiger partial charge in [-0.25, -0.2) is 4.98 Å². The third-order valence-corrected chi connectivity index (χ3v) is 2.89. The maximum Gasteiger partial charge on any atom is 0.214 e. The average Bonchev–Trinajstić information content (AvgIpc) is 2.16. The van der Waals surface area contributed by atoms with Gasteiger partial charge in [0.25, 0.3) is 0 Å². The number of aryl methyl sites for hydroxylation is 1. The highest BCUT2D eigenvalue weighted by Gasteiger charge is 2.20. The van der Waals surface area contributed by atoms with Gasteiger partial charge in [0.1, 0.15) is 5.82 Å². The van der Waals surface area contributed by atoms with Crippen molar-refractivity contribution in [1.29, 1.82) is 0 Å². The standard InChI is InChI=1S/C11H17N3O/c1-8-12-10(6-11(15)13-8)9-4-3-5-14(2)7-9/h6,9H,3-5,7H2,1-2H3,(H,12,13,15). The summed E-state index contributed by atoms with van der Waals surface area (Å²) in [6.07, 6.45) is 2.35. The zero-order valence-electron chi connectivity index (χ0n) is 9.27. The average molecular weight is 207 g/mol. The molecule has 0 radical (unpaired) electrons. The van der Waals surface area contributed by atoms with Crippen molar-refractivity contribution >= 4 is 0 Å². The van der Waals surface area contributed by atoms with Gasteiger partial charge < -0.3 is 10.0 Å². The zero-order valence-corrected chi connectivity index (χ0v) is 9.27. The Hall–Kier alpha value is -1.16. The van der Waals surface area contributed by atoms with Crippen molar-refractivity contribution < 1.29 is 5.11 Å². The van der Waals surface area contributed by atoms with E-state index in [2.05, 4.69) is 21.9 Å². The number of likely N-dealkylation sites (tertiary alicyclic amines) is 1. The molecule has 1 aliphatic rings. The number of rotatable bonds is 1. The number of nitrogens with zero attached hydrogens (tertiary/aromatic N) is 3. The molecule has 0 aromatic carbocycles. The van der Waals surface area contributed by atoms with Crippen molar-refractivity contribution in [2.24, 2.45) is 0 Å². The monoisotopic (exact) mass is 207 g/mol. The van der Waals surface area contributed by atoms with E-state index < -0.39 is 0 Å². The molecule has 1 atom stereocenters. The summed E-state index contributed by atoms with van der Waals surface area (Å²) in [5, 5.41) is 9.43. The van der Waals surface area contributed by atoms with Crippen molar-refractivity contribution in [3.05, 3.63) is 17.6 Å². The molecule has 0 saturated carbocycles. The molecular weight excluding hydrogens is 190 g/mol. The minimum Gasteiger partial charge on any atom is -0.493 e. The van der Waals surface area contributed by atoms with E-state index in [1.165, 1.54) is 6.42 Å². The third kappa shape index (κ3) is 2.45. The number of hydrogen-bond donors (Lipinski definition) is 1. The maximum absolute atomic E-state index is 9.43. The number of aromatic hydroxyl groups is 1. The van der Waals surface area contributed by atoms with Gasteiger partial charge in [-0.2, -0.15) is 4.98 Å². The topological polar surface area (TPSA) is 49.3 Å². The Balaban J connectivity index is 2.20. The predicted molar refractivity (Wildman–Crippen MR) is 57.9 cm³/mol. The minimum atomic E-state index is 0.0886. The second-order valence-electron chi connectivity index (χ2n) is 4.30. The van der Waals surface area contributed by atoms with Crippen molar-refractivity contribution in [2.75, 3.05) is 20.1 Å². The Bertz CT molecular complexity index is 333. The quantitative estimate of drug-likeness (QED) is 0.754. The molecule has 1 saturated heterocycles. The normalized spacial score (nSPS) is 22.9. The molecule has 1 fully saturated rings. The molecule has 1 aliphatic heterocycles. The van der Waals surface area contributed by atoms with Crippen LogP contribution in [0.3, 0.4) is 0 Å². The Morgan fingerprint density at radius 2 is 2.27 bits per heavy atom. The Morgan fingerprint density at radius 1 is 1.47 bits per heavy atom. The van der Waals surface area contributed by atoms with Gasteiger partial charge in [-0.15, -0.1) is 0 Å². The lowest BCUT2D eigenvalue weighted by Crippen LogP contribution is -2.31. The smallest absolute Gasteiger partial charge is 0.214 e. The van der Waals surface area contributed by atoms with Gasteiger partial charge >= 0.3 is 0 Å². The highest BCUT2D eigenvalue weighted by atomic mass is 16.3. The van der Waals surface area contributed by atoms with Crippen molar-refractivity contribution in [2.45, 2.75) is 25.7 Å². The summed E-state index contributed by atoms with van der Waals surface area (Å²) in [6.45, 7) is 4.00. The third-order valence-electron chi connectivity index (χ3n) is 2.89. The van der Waals surface area contributed by atoms with Gasteiger partial charge in [-0.1, -0.05) is 0 Å². The fraction of sp³-hybridized carbons (Fsp3) is 0.636. The summed E-state index contributed by atoms with van der Waals surface area (Å²) in [4.78, 5) is 10.6. The SMILES string of the molecule is Cc1nc(O)cc(C2CCCN(C)C2)n1. The first-order valence-electron chi connectivity index (χ1n) is 5.38. The Kier molecular flexibility index (Phi) is 2.86. The first-order valence-corrected chi connectivity index (χ1v) is 5.38. The highest BCUT2D eigenvalue weighted by molar-refractivity contribution is 5.18. The van der Waals surface area contributed by atoms with Crippen LogP contribution in [0.4, 0.5) is 0 Å². The molecule has 0 aliphatic carbocycles. The van der Waals surface area contributed by atoms with E-state index in [4.69, 9.17) is 0 Å². The molecule has 2 heterocycles. The first-order chi connectivity index (χ1) is 7.15. The summed E-state index contributed by atoms with van der Waals surface area (Å²) in [7, 11) is 2.13. The molecule has 4 heteroatoms. The van der Waals surface area contributed by atoms with Gasteiger partial charge in [0.15, 0.2) is 0 Å². The van der Waals surface area contributed by atoms with E-state index in [1.54, 1.807) is 6.07 Å². The van der Waals surface area contributed by atoms with Crippen LogP contribution in [0.25, 0.3) is 0 Å². The van der Waals surface area contributed by atoms with Crippen molar-refractivity contribution in [3.8, 4) is 5.88 Å². The van der Waals surface area contributed by atoms with Crippen LogP contribution in [0.5, 0.6) is 5.88 Å². The van der Waals surface area contributed by atoms with Gasteiger partial charge in [0.05, 0.1) is 5.69 Å². The summed E-state index contributed by atoms with van der Waals surface area (Å²) in [6, 6.07) is 1.69. The lowest BCUT2D eigenvalue weighted by atomic mass is 9.95. The minimum absolute atomic E-state index is 0.0886. The molecule has 82 valence electrons. The van der Waals surface area contributed by atoms with E-state index >= 15 is 0 Å². The molecule has 1 N–H and O–H groups in total. The first kappa shape index (κ1) is 10.4. The summed E-state index contributed by atoms with van der Waals surface area (Å²) < 4.78 is 0. The van der Waals surface area contributed by atoms with E-state index in [-0.39, 0.29) is 5.88 Å². The number of aromatic nitrogens is 2. The molecule has 15 heavy (non-hydrogen) atoms. The summed E-state index contributed by atoms with van der Waals surface area (Å²) in [5.41, 5.74) is 0.978. The zero-order chi connectivity index (χ0) is 10.8. The van der Waals surface area contributed by atoms with Crippen LogP contribution in [0.2, 0.25) is 0 Å². The number of hydrogen-bond acceptors (Lipinski definition) is 4. The van der Waals surface area contributed by atoms with Gasteiger partial charge in [0, 0.05) is 18.5 Å².